The zero-order valence-electron chi connectivity index (χ0n) is 20.4. The Morgan fingerprint density at radius 3 is 2.00 bits per heavy atom. The first kappa shape index (κ1) is 23.8. The summed E-state index contributed by atoms with van der Waals surface area (Å²) in [6, 6.07) is 31.4. The van der Waals surface area contributed by atoms with Crippen LogP contribution in [0.15, 0.2) is 91.0 Å². The van der Waals surface area contributed by atoms with Crippen LogP contribution in [-0.2, 0) is 4.65 Å². The summed E-state index contributed by atoms with van der Waals surface area (Å²) in [5, 5.41) is 23.8. The maximum absolute atomic E-state index is 11.1. The van der Waals surface area contributed by atoms with E-state index in [0.29, 0.717) is 5.46 Å². The number of fused-ring (bicyclic) bond motifs is 3. The summed E-state index contributed by atoms with van der Waals surface area (Å²) in [4.78, 5) is 0. The summed E-state index contributed by atoms with van der Waals surface area (Å²) in [5.74, 6) is 0. The van der Waals surface area contributed by atoms with Gasteiger partial charge >= 0.3 is 7.12 Å². The summed E-state index contributed by atoms with van der Waals surface area (Å²) in [6.45, 7) is 6.96. The second kappa shape index (κ2) is 8.92. The Labute approximate surface area is 210 Å². The van der Waals surface area contributed by atoms with Crippen LogP contribution in [-0.4, -0.2) is 28.5 Å². The van der Waals surface area contributed by atoms with E-state index < -0.39 is 18.3 Å². The molecule has 1 heterocycles. The molecule has 5 rings (SSSR count). The molecular formula is C30H29BO3S. The molecule has 0 bridgehead atoms. The quantitative estimate of drug-likeness (QED) is 0.268. The third kappa shape index (κ3) is 4.41. The molecule has 0 spiro atoms. The number of thiophene rings is 1. The van der Waals surface area contributed by atoms with Gasteiger partial charge in [-0.2, -0.15) is 0 Å². The van der Waals surface area contributed by atoms with Crippen molar-refractivity contribution in [2.75, 3.05) is 0 Å². The second-order valence-corrected chi connectivity index (χ2v) is 11.0. The van der Waals surface area contributed by atoms with Gasteiger partial charge in [0.15, 0.2) is 0 Å². The smallest absolute Gasteiger partial charge is 0.423 e. The van der Waals surface area contributed by atoms with Crippen molar-refractivity contribution in [2.24, 2.45) is 0 Å². The highest BCUT2D eigenvalue weighted by Crippen LogP contribution is 2.40. The third-order valence-corrected chi connectivity index (χ3v) is 8.28. The number of rotatable bonds is 6. The van der Waals surface area contributed by atoms with Crippen LogP contribution in [0.4, 0.5) is 0 Å². The fraction of sp³-hybridized carbons (Fsp3) is 0.200. The van der Waals surface area contributed by atoms with Crippen LogP contribution in [0, 0.1) is 0 Å². The molecule has 0 aliphatic carbocycles. The zero-order valence-corrected chi connectivity index (χ0v) is 21.3. The van der Waals surface area contributed by atoms with Crippen LogP contribution < -0.4 is 5.46 Å². The van der Waals surface area contributed by atoms with Crippen LogP contribution >= 0.6 is 11.3 Å². The maximum atomic E-state index is 11.1. The van der Waals surface area contributed by atoms with Crippen molar-refractivity contribution in [1.29, 1.82) is 0 Å². The van der Waals surface area contributed by atoms with Gasteiger partial charge in [-0.25, -0.2) is 0 Å². The summed E-state index contributed by atoms with van der Waals surface area (Å²) in [7, 11) is -1.15. The molecular weight excluding hydrogens is 451 g/mol. The highest BCUT2D eigenvalue weighted by Gasteiger charge is 2.40. The number of aliphatic hydroxyl groups is 1. The van der Waals surface area contributed by atoms with E-state index in [1.807, 2.05) is 18.2 Å². The minimum Gasteiger partial charge on any atom is -0.423 e. The van der Waals surface area contributed by atoms with Crippen molar-refractivity contribution in [3.05, 3.63) is 91.0 Å². The van der Waals surface area contributed by atoms with Crippen LogP contribution in [0.25, 0.3) is 42.4 Å². The molecule has 5 heteroatoms. The number of benzene rings is 4. The van der Waals surface area contributed by atoms with Gasteiger partial charge in [0.1, 0.15) is 0 Å². The maximum Gasteiger partial charge on any atom is 0.493 e. The van der Waals surface area contributed by atoms with Gasteiger partial charge in [-0.05, 0) is 61.4 Å². The Bertz CT molecular complexity index is 1500. The molecule has 0 saturated carbocycles. The molecule has 176 valence electrons. The van der Waals surface area contributed by atoms with Crippen molar-refractivity contribution in [2.45, 2.75) is 38.9 Å². The topological polar surface area (TPSA) is 49.7 Å². The van der Waals surface area contributed by atoms with Gasteiger partial charge in [-0.1, -0.05) is 84.9 Å². The van der Waals surface area contributed by atoms with Crippen LogP contribution in [0.5, 0.6) is 0 Å². The van der Waals surface area contributed by atoms with Crippen molar-refractivity contribution < 1.29 is 14.8 Å². The van der Waals surface area contributed by atoms with Crippen LogP contribution in [0.2, 0.25) is 0 Å². The molecule has 0 radical (unpaired) electrons. The second-order valence-electron chi connectivity index (χ2n) is 9.99. The van der Waals surface area contributed by atoms with E-state index in [-0.39, 0.29) is 0 Å². The molecule has 0 fully saturated rings. The Kier molecular flexibility index (Phi) is 6.06. The molecule has 0 saturated heterocycles. The first-order valence-corrected chi connectivity index (χ1v) is 12.7. The Balaban J connectivity index is 1.62. The van der Waals surface area contributed by atoms with E-state index in [1.54, 1.807) is 39.0 Å². The van der Waals surface area contributed by atoms with Crippen LogP contribution in [0.3, 0.4) is 0 Å². The molecule has 2 N–H and O–H groups in total. The van der Waals surface area contributed by atoms with E-state index in [2.05, 4.69) is 72.8 Å². The van der Waals surface area contributed by atoms with E-state index in [1.165, 1.54) is 21.4 Å². The van der Waals surface area contributed by atoms with Crippen LogP contribution in [0.1, 0.15) is 27.7 Å². The first-order chi connectivity index (χ1) is 16.7. The molecule has 0 atom stereocenters. The number of hydrogen-bond acceptors (Lipinski definition) is 4. The molecule has 0 aliphatic rings. The van der Waals surface area contributed by atoms with Gasteiger partial charge < -0.3 is 14.8 Å². The van der Waals surface area contributed by atoms with Gasteiger partial charge in [0.25, 0.3) is 0 Å². The van der Waals surface area contributed by atoms with Crippen molar-refractivity contribution >= 4 is 44.1 Å². The lowest BCUT2D eigenvalue weighted by atomic mass is 9.76. The van der Waals surface area contributed by atoms with E-state index >= 15 is 0 Å². The molecule has 3 nitrogen and oxygen atoms in total. The minimum absolute atomic E-state index is 0.713. The standard InChI is InChI=1S/C30H29BO3S/c1-29(2,32)30(3,4)34-31(33)26-18-10-17-25-24-16-9-15-23(27(24)35-28(25)26)22-14-8-13-21(19-22)20-11-6-5-7-12-20/h5-19,32-33H,1-4H3. The average Bonchev–Trinajstić information content (AvgIpc) is 3.22. The Hall–Kier alpha value is -2.96. The predicted molar refractivity (Wildman–Crippen MR) is 149 cm³/mol. The average molecular weight is 480 g/mol. The Morgan fingerprint density at radius 1 is 0.686 bits per heavy atom. The van der Waals surface area contributed by atoms with Gasteiger partial charge in [0.05, 0.1) is 11.2 Å². The molecule has 4 aromatic carbocycles. The normalized spacial score (nSPS) is 12.4. The monoisotopic (exact) mass is 480 g/mol. The van der Waals surface area contributed by atoms with Crippen molar-refractivity contribution in [3.8, 4) is 22.3 Å². The lowest BCUT2D eigenvalue weighted by Crippen LogP contribution is -2.53. The molecule has 0 unspecified atom stereocenters. The molecule has 0 aliphatic heterocycles. The SMILES string of the molecule is CC(C)(O)C(C)(C)OB(O)c1cccc2c1sc1c(-c3cccc(-c4ccccc4)c3)cccc12. The lowest BCUT2D eigenvalue weighted by molar-refractivity contribution is -0.0982. The lowest BCUT2D eigenvalue weighted by Gasteiger charge is -2.38. The summed E-state index contributed by atoms with van der Waals surface area (Å²) in [5.41, 5.74) is 3.36. The highest BCUT2D eigenvalue weighted by molar-refractivity contribution is 7.27. The molecule has 0 amide bonds. The van der Waals surface area contributed by atoms with Gasteiger partial charge in [0, 0.05) is 20.2 Å². The van der Waals surface area contributed by atoms with Crippen molar-refractivity contribution in [1.82, 2.24) is 0 Å². The van der Waals surface area contributed by atoms with Crippen molar-refractivity contribution in [3.63, 3.8) is 0 Å². The minimum atomic E-state index is -1.15. The third-order valence-electron chi connectivity index (χ3n) is 6.98. The van der Waals surface area contributed by atoms with E-state index in [9.17, 15) is 10.1 Å². The fourth-order valence-corrected chi connectivity index (χ4v) is 5.61. The van der Waals surface area contributed by atoms with E-state index in [0.717, 1.165) is 21.0 Å². The predicted octanol–water partition coefficient (Wildman–Crippen LogP) is 6.64. The van der Waals surface area contributed by atoms with Gasteiger partial charge in [-0.15, -0.1) is 11.3 Å². The molecule has 1 aromatic heterocycles. The summed E-state index contributed by atoms with van der Waals surface area (Å²) >= 11 is 1.67. The van der Waals surface area contributed by atoms with Gasteiger partial charge in [-0.3, -0.25) is 0 Å². The molecule has 5 aromatic rings. The largest absolute Gasteiger partial charge is 0.493 e. The molecule has 35 heavy (non-hydrogen) atoms. The fourth-order valence-electron chi connectivity index (χ4n) is 4.25. The summed E-state index contributed by atoms with van der Waals surface area (Å²) < 4.78 is 8.15. The first-order valence-electron chi connectivity index (χ1n) is 11.8. The van der Waals surface area contributed by atoms with E-state index in [4.69, 9.17) is 4.65 Å². The number of hydrogen-bond donors (Lipinski definition) is 2. The zero-order chi connectivity index (χ0) is 24.8. The summed E-state index contributed by atoms with van der Waals surface area (Å²) in [6.07, 6.45) is 0. The van der Waals surface area contributed by atoms with Gasteiger partial charge in [0.2, 0.25) is 0 Å². The highest BCUT2D eigenvalue weighted by atomic mass is 32.1. The Morgan fingerprint density at radius 2 is 1.29 bits per heavy atom.